The van der Waals surface area contributed by atoms with Crippen molar-refractivity contribution in [2.45, 2.75) is 142 Å². The maximum Gasteiger partial charge on any atom is 0.306 e. The monoisotopic (exact) mass is 445 g/mol. The molecule has 0 fully saturated rings. The van der Waals surface area contributed by atoms with E-state index in [2.05, 4.69) is 12.1 Å². The van der Waals surface area contributed by atoms with Crippen molar-refractivity contribution in [3.05, 3.63) is 29.8 Å². The van der Waals surface area contributed by atoms with Crippen LogP contribution in [-0.4, -0.2) is 11.6 Å². The summed E-state index contributed by atoms with van der Waals surface area (Å²) < 4.78 is 5.34. The molecule has 0 bridgehead atoms. The first-order valence-electron chi connectivity index (χ1n) is 13.4. The molecule has 0 aliphatic carbocycles. The van der Waals surface area contributed by atoms with Gasteiger partial charge in [-0.05, 0) is 57.7 Å². The number of nitrogen functional groups attached to an aromatic ring is 1. The second kappa shape index (κ2) is 18.0. The molecule has 3 nitrogen and oxygen atoms in total. The third-order valence-electron chi connectivity index (χ3n) is 6.00. The summed E-state index contributed by atoms with van der Waals surface area (Å²) >= 11 is 0. The van der Waals surface area contributed by atoms with Gasteiger partial charge in [-0.15, -0.1) is 0 Å². The largest absolute Gasteiger partial charge is 0.460 e. The molecule has 0 radical (unpaired) electrons. The number of ether oxygens (including phenoxy) is 1. The Bertz CT molecular complexity index is 574. The molecular formula is C29H51NO2. The number of aryl methyl sites for hydroxylation is 1. The van der Waals surface area contributed by atoms with Crippen LogP contribution in [0.3, 0.4) is 0 Å². The van der Waals surface area contributed by atoms with Gasteiger partial charge < -0.3 is 10.5 Å². The molecule has 0 aliphatic rings. The zero-order valence-corrected chi connectivity index (χ0v) is 21.4. The summed E-state index contributed by atoms with van der Waals surface area (Å²) in [5.74, 6) is -0.0492. The first-order chi connectivity index (χ1) is 15.4. The van der Waals surface area contributed by atoms with Crippen molar-refractivity contribution in [3.8, 4) is 0 Å². The predicted molar refractivity (Wildman–Crippen MR) is 139 cm³/mol. The molecule has 3 heteroatoms. The van der Waals surface area contributed by atoms with Gasteiger partial charge in [0.2, 0.25) is 0 Å². The Labute approximate surface area is 198 Å². The molecule has 184 valence electrons. The number of unbranched alkanes of at least 4 members (excludes halogenated alkanes) is 15. The highest BCUT2D eigenvalue weighted by Gasteiger charge is 2.15. The van der Waals surface area contributed by atoms with Crippen LogP contribution < -0.4 is 5.73 Å². The van der Waals surface area contributed by atoms with Crippen molar-refractivity contribution >= 4 is 11.7 Å². The first-order valence-corrected chi connectivity index (χ1v) is 13.4. The fourth-order valence-corrected chi connectivity index (χ4v) is 4.15. The van der Waals surface area contributed by atoms with Crippen LogP contribution in [0.15, 0.2) is 24.3 Å². The molecule has 0 atom stereocenters. The van der Waals surface area contributed by atoms with E-state index in [-0.39, 0.29) is 11.6 Å². The number of esters is 1. The van der Waals surface area contributed by atoms with Crippen LogP contribution in [0.4, 0.5) is 5.69 Å². The molecule has 0 saturated carbocycles. The number of carbonyl (C=O) groups excluding carboxylic acids is 1. The molecule has 0 aromatic heterocycles. The average molecular weight is 446 g/mol. The molecule has 2 N–H and O–H groups in total. The Morgan fingerprint density at radius 1 is 0.656 bits per heavy atom. The molecule has 0 aliphatic heterocycles. The molecule has 0 amide bonds. The van der Waals surface area contributed by atoms with Gasteiger partial charge in [0.15, 0.2) is 0 Å². The van der Waals surface area contributed by atoms with Crippen LogP contribution in [0.1, 0.15) is 135 Å². The Balaban J connectivity index is 1.74. The van der Waals surface area contributed by atoms with Crippen molar-refractivity contribution in [1.29, 1.82) is 0 Å². The van der Waals surface area contributed by atoms with Gasteiger partial charge in [0.1, 0.15) is 5.60 Å². The van der Waals surface area contributed by atoms with Crippen molar-refractivity contribution in [1.82, 2.24) is 0 Å². The van der Waals surface area contributed by atoms with Gasteiger partial charge in [-0.3, -0.25) is 4.79 Å². The smallest absolute Gasteiger partial charge is 0.306 e. The fraction of sp³-hybridized carbons (Fsp3) is 0.759. The number of hydrogen-bond acceptors (Lipinski definition) is 3. The van der Waals surface area contributed by atoms with Crippen molar-refractivity contribution in [2.75, 3.05) is 5.73 Å². The van der Waals surface area contributed by atoms with Crippen LogP contribution in [0.5, 0.6) is 0 Å². The lowest BCUT2D eigenvalue weighted by molar-refractivity contribution is -0.154. The normalized spacial score (nSPS) is 11.6. The molecule has 0 heterocycles. The summed E-state index contributed by atoms with van der Waals surface area (Å²) in [5, 5.41) is 0. The maximum atomic E-state index is 11.7. The number of hydrogen-bond donors (Lipinski definition) is 1. The van der Waals surface area contributed by atoms with Crippen molar-refractivity contribution in [2.24, 2.45) is 0 Å². The van der Waals surface area contributed by atoms with E-state index in [1.165, 1.54) is 102 Å². The quantitative estimate of drug-likeness (QED) is 0.131. The summed E-state index contributed by atoms with van der Waals surface area (Å²) in [4.78, 5) is 11.7. The Morgan fingerprint density at radius 3 is 1.44 bits per heavy atom. The van der Waals surface area contributed by atoms with Crippen LogP contribution in [0, 0.1) is 0 Å². The second-order valence-electron chi connectivity index (χ2n) is 10.5. The SMILES string of the molecule is CC(C)(C)OC(=O)CCCCCCCCCCCCCCCCCCc1ccc(N)cc1. The molecule has 1 rings (SSSR count). The van der Waals surface area contributed by atoms with E-state index >= 15 is 0 Å². The lowest BCUT2D eigenvalue weighted by Crippen LogP contribution is -2.23. The molecule has 1 aromatic rings. The molecule has 1 aromatic carbocycles. The van der Waals surface area contributed by atoms with Crippen LogP contribution >= 0.6 is 0 Å². The maximum absolute atomic E-state index is 11.7. The van der Waals surface area contributed by atoms with E-state index in [4.69, 9.17) is 10.5 Å². The Morgan fingerprint density at radius 2 is 1.03 bits per heavy atom. The zero-order valence-electron chi connectivity index (χ0n) is 21.4. The van der Waals surface area contributed by atoms with Gasteiger partial charge in [-0.25, -0.2) is 0 Å². The van der Waals surface area contributed by atoms with E-state index in [9.17, 15) is 4.79 Å². The predicted octanol–water partition coefficient (Wildman–Crippen LogP) is 8.78. The highest BCUT2D eigenvalue weighted by molar-refractivity contribution is 5.69. The van der Waals surface area contributed by atoms with Gasteiger partial charge >= 0.3 is 5.97 Å². The molecular weight excluding hydrogens is 394 g/mol. The fourth-order valence-electron chi connectivity index (χ4n) is 4.15. The van der Waals surface area contributed by atoms with Gasteiger partial charge in [-0.1, -0.05) is 102 Å². The van der Waals surface area contributed by atoms with E-state index < -0.39 is 0 Å². The Kier molecular flexibility index (Phi) is 16.0. The summed E-state index contributed by atoms with van der Waals surface area (Å²) in [6.45, 7) is 5.79. The zero-order chi connectivity index (χ0) is 23.5. The standard InChI is InChI=1S/C29H51NO2/c1-29(2,3)32-28(31)21-19-17-15-13-11-9-7-5-4-6-8-10-12-14-16-18-20-26-22-24-27(30)25-23-26/h22-25H,4-21,30H2,1-3H3. The van der Waals surface area contributed by atoms with Crippen LogP contribution in [0.25, 0.3) is 0 Å². The molecule has 32 heavy (non-hydrogen) atoms. The summed E-state index contributed by atoms with van der Waals surface area (Å²) in [5.41, 5.74) is 7.65. The number of benzene rings is 1. The molecule has 0 spiro atoms. The number of rotatable bonds is 19. The van der Waals surface area contributed by atoms with E-state index in [1.54, 1.807) is 0 Å². The lowest BCUT2D eigenvalue weighted by Gasteiger charge is -2.19. The summed E-state index contributed by atoms with van der Waals surface area (Å²) in [6.07, 6.45) is 23.0. The van der Waals surface area contributed by atoms with Crippen molar-refractivity contribution in [3.63, 3.8) is 0 Å². The minimum Gasteiger partial charge on any atom is -0.460 e. The first kappa shape index (κ1) is 28.5. The minimum absolute atomic E-state index is 0.0492. The summed E-state index contributed by atoms with van der Waals surface area (Å²) in [6, 6.07) is 8.33. The minimum atomic E-state index is -0.351. The lowest BCUT2D eigenvalue weighted by atomic mass is 10.0. The van der Waals surface area contributed by atoms with E-state index in [0.29, 0.717) is 6.42 Å². The highest BCUT2D eigenvalue weighted by atomic mass is 16.6. The van der Waals surface area contributed by atoms with Crippen molar-refractivity contribution < 1.29 is 9.53 Å². The van der Waals surface area contributed by atoms with Gasteiger partial charge in [0.25, 0.3) is 0 Å². The molecule has 0 unspecified atom stereocenters. The number of carbonyl (C=O) groups is 1. The summed E-state index contributed by atoms with van der Waals surface area (Å²) in [7, 11) is 0. The van der Waals surface area contributed by atoms with Gasteiger partial charge in [0.05, 0.1) is 0 Å². The molecule has 0 saturated heterocycles. The van der Waals surface area contributed by atoms with E-state index in [0.717, 1.165) is 18.5 Å². The Hall–Kier alpha value is -1.51. The topological polar surface area (TPSA) is 52.3 Å². The van der Waals surface area contributed by atoms with Crippen LogP contribution in [-0.2, 0) is 16.0 Å². The number of anilines is 1. The van der Waals surface area contributed by atoms with Gasteiger partial charge in [0, 0.05) is 12.1 Å². The third-order valence-corrected chi connectivity index (χ3v) is 6.00. The van der Waals surface area contributed by atoms with Gasteiger partial charge in [-0.2, -0.15) is 0 Å². The second-order valence-corrected chi connectivity index (χ2v) is 10.5. The number of nitrogens with two attached hydrogens (primary N) is 1. The highest BCUT2D eigenvalue weighted by Crippen LogP contribution is 2.16. The third kappa shape index (κ3) is 18.1. The average Bonchev–Trinajstić information content (AvgIpc) is 2.73. The van der Waals surface area contributed by atoms with Crippen LogP contribution in [0.2, 0.25) is 0 Å². The van der Waals surface area contributed by atoms with E-state index in [1.807, 2.05) is 32.9 Å².